The molecule has 0 fully saturated rings. The fourth-order valence-corrected chi connectivity index (χ4v) is 1.79. The van der Waals surface area contributed by atoms with Crippen molar-refractivity contribution in [3.8, 4) is 5.75 Å². The maximum absolute atomic E-state index is 12.2. The summed E-state index contributed by atoms with van der Waals surface area (Å²) >= 11 is 0. The van der Waals surface area contributed by atoms with Crippen LogP contribution in [-0.4, -0.2) is 17.9 Å². The lowest BCUT2D eigenvalue weighted by molar-refractivity contribution is 0.103. The molecule has 3 nitrogen and oxygen atoms in total. The Morgan fingerprint density at radius 3 is 2.10 bits per heavy atom. The number of ether oxygens (including phenoxy) is 1. The van der Waals surface area contributed by atoms with Gasteiger partial charge in [0.2, 0.25) is 0 Å². The number of nitrogens with two attached hydrogens (primary N) is 1. The fraction of sp³-hybridized carbons (Fsp3) is 0.235. The molecule has 3 heteroatoms. The van der Waals surface area contributed by atoms with E-state index in [0.717, 1.165) is 0 Å². The molecule has 0 aliphatic heterocycles. The molecule has 0 radical (unpaired) electrons. The zero-order chi connectivity index (χ0) is 14.6. The summed E-state index contributed by atoms with van der Waals surface area (Å²) in [7, 11) is 0. The Morgan fingerprint density at radius 2 is 1.55 bits per heavy atom. The van der Waals surface area contributed by atoms with E-state index in [4.69, 9.17) is 10.5 Å². The molecule has 0 aliphatic rings. The molecule has 0 amide bonds. The van der Waals surface area contributed by atoms with Crippen molar-refractivity contribution in [1.29, 1.82) is 0 Å². The van der Waals surface area contributed by atoms with E-state index >= 15 is 0 Å². The number of benzene rings is 2. The predicted octanol–water partition coefficient (Wildman–Crippen LogP) is 3.03. The van der Waals surface area contributed by atoms with E-state index in [-0.39, 0.29) is 5.78 Å². The fourth-order valence-electron chi connectivity index (χ4n) is 1.79. The van der Waals surface area contributed by atoms with Gasteiger partial charge in [0.15, 0.2) is 5.78 Å². The average Bonchev–Trinajstić information content (AvgIpc) is 2.48. The molecule has 104 valence electrons. The van der Waals surface area contributed by atoms with Gasteiger partial charge in [0, 0.05) is 17.7 Å². The summed E-state index contributed by atoms with van der Waals surface area (Å²) in [5.41, 5.74) is 6.55. The Bertz CT molecular complexity index is 574. The van der Waals surface area contributed by atoms with Crippen molar-refractivity contribution >= 4 is 5.78 Å². The average molecular weight is 269 g/mol. The molecule has 0 atom stereocenters. The van der Waals surface area contributed by atoms with Gasteiger partial charge in [-0.25, -0.2) is 0 Å². The third kappa shape index (κ3) is 3.45. The van der Waals surface area contributed by atoms with Crippen LogP contribution in [-0.2, 0) is 0 Å². The Kier molecular flexibility index (Phi) is 4.20. The molecule has 0 saturated carbocycles. The topological polar surface area (TPSA) is 52.3 Å². The highest BCUT2D eigenvalue weighted by atomic mass is 16.5. The minimum absolute atomic E-state index is 0.00948. The first kappa shape index (κ1) is 14.3. The second kappa shape index (κ2) is 5.88. The molecule has 0 bridgehead atoms. The highest BCUT2D eigenvalue weighted by Crippen LogP contribution is 2.19. The molecule has 2 aromatic rings. The largest absolute Gasteiger partial charge is 0.487 e. The molecule has 2 rings (SSSR count). The number of hydrogen-bond donors (Lipinski definition) is 1. The molecular formula is C17H19NO2. The van der Waals surface area contributed by atoms with Crippen LogP contribution in [0.2, 0.25) is 0 Å². The van der Waals surface area contributed by atoms with Crippen molar-refractivity contribution in [2.24, 2.45) is 5.73 Å². The smallest absolute Gasteiger partial charge is 0.193 e. The first-order valence-electron chi connectivity index (χ1n) is 6.61. The van der Waals surface area contributed by atoms with Crippen LogP contribution in [0.25, 0.3) is 0 Å². The van der Waals surface area contributed by atoms with Gasteiger partial charge < -0.3 is 10.5 Å². The van der Waals surface area contributed by atoms with Gasteiger partial charge in [-0.3, -0.25) is 4.79 Å². The summed E-state index contributed by atoms with van der Waals surface area (Å²) in [6.07, 6.45) is 0. The molecule has 0 heterocycles. The van der Waals surface area contributed by atoms with E-state index in [2.05, 4.69) is 0 Å². The molecule has 0 aromatic heterocycles. The summed E-state index contributed by atoms with van der Waals surface area (Å²) in [6.45, 7) is 4.28. The summed E-state index contributed by atoms with van der Waals surface area (Å²) < 4.78 is 5.76. The van der Waals surface area contributed by atoms with E-state index in [9.17, 15) is 4.79 Å². The van der Waals surface area contributed by atoms with Gasteiger partial charge in [-0.1, -0.05) is 30.3 Å². The molecular weight excluding hydrogens is 250 g/mol. The SMILES string of the molecule is CC(C)(CN)Oc1ccc(C(=O)c2ccccc2)cc1. The van der Waals surface area contributed by atoms with Crippen LogP contribution in [0.1, 0.15) is 29.8 Å². The minimum atomic E-state index is -0.412. The zero-order valence-corrected chi connectivity index (χ0v) is 11.8. The van der Waals surface area contributed by atoms with E-state index in [0.29, 0.717) is 23.4 Å². The molecule has 2 N–H and O–H groups in total. The predicted molar refractivity (Wildman–Crippen MR) is 80.1 cm³/mol. The highest BCUT2D eigenvalue weighted by Gasteiger charge is 2.17. The third-order valence-electron chi connectivity index (χ3n) is 3.04. The van der Waals surface area contributed by atoms with Crippen molar-refractivity contribution in [3.05, 3.63) is 65.7 Å². The molecule has 0 aliphatic carbocycles. The van der Waals surface area contributed by atoms with E-state index in [1.165, 1.54) is 0 Å². The molecule has 0 saturated heterocycles. The van der Waals surface area contributed by atoms with Crippen LogP contribution in [0, 0.1) is 0 Å². The second-order valence-electron chi connectivity index (χ2n) is 5.29. The summed E-state index contributed by atoms with van der Waals surface area (Å²) in [6, 6.07) is 16.4. The highest BCUT2D eigenvalue weighted by molar-refractivity contribution is 6.08. The van der Waals surface area contributed by atoms with Crippen LogP contribution in [0.4, 0.5) is 0 Å². The Hall–Kier alpha value is -2.13. The van der Waals surface area contributed by atoms with Crippen LogP contribution in [0.3, 0.4) is 0 Å². The van der Waals surface area contributed by atoms with Gasteiger partial charge in [-0.15, -0.1) is 0 Å². The number of ketones is 1. The first-order chi connectivity index (χ1) is 9.52. The van der Waals surface area contributed by atoms with Crippen molar-refractivity contribution in [1.82, 2.24) is 0 Å². The first-order valence-corrected chi connectivity index (χ1v) is 6.61. The lowest BCUT2D eigenvalue weighted by Crippen LogP contribution is -2.37. The normalized spacial score (nSPS) is 11.2. The van der Waals surface area contributed by atoms with Crippen LogP contribution in [0.15, 0.2) is 54.6 Å². The maximum atomic E-state index is 12.2. The lowest BCUT2D eigenvalue weighted by atomic mass is 10.0. The number of carbonyl (C=O) groups excluding carboxylic acids is 1. The number of rotatable bonds is 5. The minimum Gasteiger partial charge on any atom is -0.487 e. The summed E-state index contributed by atoms with van der Waals surface area (Å²) in [5, 5.41) is 0. The van der Waals surface area contributed by atoms with Crippen molar-refractivity contribution in [3.63, 3.8) is 0 Å². The van der Waals surface area contributed by atoms with E-state index < -0.39 is 5.60 Å². The molecule has 0 unspecified atom stereocenters. The third-order valence-corrected chi connectivity index (χ3v) is 3.04. The quantitative estimate of drug-likeness (QED) is 0.849. The number of hydrogen-bond acceptors (Lipinski definition) is 3. The van der Waals surface area contributed by atoms with Crippen molar-refractivity contribution in [2.75, 3.05) is 6.54 Å². The zero-order valence-electron chi connectivity index (χ0n) is 11.8. The Morgan fingerprint density at radius 1 is 1.00 bits per heavy atom. The lowest BCUT2D eigenvalue weighted by Gasteiger charge is -2.24. The van der Waals surface area contributed by atoms with Crippen LogP contribution in [0.5, 0.6) is 5.75 Å². The van der Waals surface area contributed by atoms with E-state index in [1.807, 2.05) is 44.2 Å². The maximum Gasteiger partial charge on any atom is 0.193 e. The van der Waals surface area contributed by atoms with Gasteiger partial charge in [0.1, 0.15) is 11.4 Å². The van der Waals surface area contributed by atoms with Gasteiger partial charge in [0.05, 0.1) is 0 Å². The number of carbonyl (C=O) groups is 1. The van der Waals surface area contributed by atoms with Gasteiger partial charge >= 0.3 is 0 Å². The van der Waals surface area contributed by atoms with Gasteiger partial charge in [-0.05, 0) is 38.1 Å². The molecule has 20 heavy (non-hydrogen) atoms. The second-order valence-corrected chi connectivity index (χ2v) is 5.29. The van der Waals surface area contributed by atoms with Gasteiger partial charge in [-0.2, -0.15) is 0 Å². The molecule has 0 spiro atoms. The monoisotopic (exact) mass is 269 g/mol. The Labute approximate surface area is 119 Å². The summed E-state index contributed by atoms with van der Waals surface area (Å²) in [5.74, 6) is 0.722. The van der Waals surface area contributed by atoms with E-state index in [1.54, 1.807) is 24.3 Å². The van der Waals surface area contributed by atoms with Gasteiger partial charge in [0.25, 0.3) is 0 Å². The van der Waals surface area contributed by atoms with Crippen molar-refractivity contribution < 1.29 is 9.53 Å². The van der Waals surface area contributed by atoms with Crippen molar-refractivity contribution in [2.45, 2.75) is 19.4 Å². The Balaban J connectivity index is 2.15. The summed E-state index contributed by atoms with van der Waals surface area (Å²) in [4.78, 5) is 12.2. The van der Waals surface area contributed by atoms with Crippen LogP contribution < -0.4 is 10.5 Å². The van der Waals surface area contributed by atoms with Crippen LogP contribution >= 0.6 is 0 Å². The standard InChI is InChI=1S/C17H19NO2/c1-17(2,12-18)20-15-10-8-14(9-11-15)16(19)13-6-4-3-5-7-13/h3-11H,12,18H2,1-2H3. The molecule has 2 aromatic carbocycles.